The number of carboxylic acids is 1. The minimum absolute atomic E-state index is 0.00283. The van der Waals surface area contributed by atoms with Gasteiger partial charge in [-0.1, -0.05) is 38.7 Å². The normalized spacial score (nSPS) is 16.2. The van der Waals surface area contributed by atoms with Gasteiger partial charge in [0.25, 0.3) is 0 Å². The summed E-state index contributed by atoms with van der Waals surface area (Å²) < 4.78 is 10.0. The van der Waals surface area contributed by atoms with Gasteiger partial charge in [0, 0.05) is 5.57 Å². The summed E-state index contributed by atoms with van der Waals surface area (Å²) >= 11 is 0. The van der Waals surface area contributed by atoms with Crippen LogP contribution in [-0.4, -0.2) is 47.4 Å². The number of carboxylic acid groups (broad SMARTS) is 1. The number of aliphatic hydroxyl groups excluding tert-OH is 1. The number of aliphatic carboxylic acids is 1. The number of aliphatic hydroxyl groups is 1. The highest BCUT2D eigenvalue weighted by atomic mass is 16.6. The largest absolute Gasteiger partial charge is 0.481 e. The molecule has 0 radical (unpaired) electrons. The lowest BCUT2D eigenvalue weighted by Gasteiger charge is -2.29. The quantitative estimate of drug-likeness (QED) is 0.161. The van der Waals surface area contributed by atoms with Crippen LogP contribution in [0, 0.1) is 34.5 Å². The van der Waals surface area contributed by atoms with Gasteiger partial charge in [-0.05, 0) is 58.3 Å². The maximum Gasteiger partial charge on any atom is 0.333 e. The van der Waals surface area contributed by atoms with Crippen molar-refractivity contribution < 1.29 is 34.1 Å². The molecule has 0 aliphatic rings. The maximum atomic E-state index is 12.8. The van der Waals surface area contributed by atoms with Crippen LogP contribution in [0.1, 0.15) is 66.2 Å². The number of hydrogen-bond donors (Lipinski definition) is 2. The summed E-state index contributed by atoms with van der Waals surface area (Å²) in [5, 5.41) is 29.2. The number of carbonyl (C=O) groups excluding carboxylic acids is 2. The molecule has 0 aromatic rings. The van der Waals surface area contributed by atoms with Crippen molar-refractivity contribution in [3.8, 4) is 6.07 Å². The third-order valence-electron chi connectivity index (χ3n) is 6.01. The van der Waals surface area contributed by atoms with Crippen molar-refractivity contribution in [2.45, 2.75) is 72.3 Å². The molecule has 8 nitrogen and oxygen atoms in total. The molecule has 35 heavy (non-hydrogen) atoms. The van der Waals surface area contributed by atoms with Gasteiger partial charge in [0.2, 0.25) is 0 Å². The molecular weight excluding hydrogens is 450 g/mol. The fourth-order valence-electron chi connectivity index (χ4n) is 3.28. The van der Waals surface area contributed by atoms with E-state index in [0.29, 0.717) is 18.8 Å². The maximum absolute atomic E-state index is 12.8. The van der Waals surface area contributed by atoms with Crippen LogP contribution in [0.3, 0.4) is 0 Å². The average molecular weight is 492 g/mol. The van der Waals surface area contributed by atoms with Gasteiger partial charge in [0.15, 0.2) is 0 Å². The van der Waals surface area contributed by atoms with E-state index in [-0.39, 0.29) is 25.0 Å². The second-order valence-corrected chi connectivity index (χ2v) is 9.34. The molecule has 0 aliphatic heterocycles. The standard InChI is InChI=1S/C27H41NO7/c1-7-20(5)12-10-9-11-13-21(16-28)14-22(24(30)31)15-27(6,8-2)26(33)35-18-23(29)17-34-25(32)19(3)4/h7,9,11,20-23,29H,1,3,8,10,12-15,17-18H2,2,4-6H3,(H,30,31). The number of carbonyl (C=O) groups is 3. The Morgan fingerprint density at radius 2 is 1.83 bits per heavy atom. The second kappa shape index (κ2) is 16.7. The van der Waals surface area contributed by atoms with E-state index < -0.39 is 47.9 Å². The molecule has 0 spiro atoms. The topological polar surface area (TPSA) is 134 Å². The molecule has 0 saturated heterocycles. The molecule has 5 unspecified atom stereocenters. The predicted octanol–water partition coefficient (Wildman–Crippen LogP) is 4.60. The van der Waals surface area contributed by atoms with Crippen molar-refractivity contribution >= 4 is 17.9 Å². The molecule has 0 aliphatic carbocycles. The Balaban J connectivity index is 4.97. The van der Waals surface area contributed by atoms with Crippen LogP contribution in [0.15, 0.2) is 37.0 Å². The zero-order valence-electron chi connectivity index (χ0n) is 21.5. The van der Waals surface area contributed by atoms with E-state index in [2.05, 4.69) is 26.2 Å². The first-order valence-electron chi connectivity index (χ1n) is 12.0. The lowest BCUT2D eigenvalue weighted by atomic mass is 9.76. The molecule has 5 atom stereocenters. The molecule has 0 fully saturated rings. The van der Waals surface area contributed by atoms with Crippen LogP contribution >= 0.6 is 0 Å². The van der Waals surface area contributed by atoms with Crippen LogP contribution < -0.4 is 0 Å². The van der Waals surface area contributed by atoms with Crippen molar-refractivity contribution in [3.63, 3.8) is 0 Å². The van der Waals surface area contributed by atoms with Crippen molar-refractivity contribution in [1.29, 1.82) is 5.26 Å². The molecular formula is C27H41NO7. The number of rotatable bonds is 18. The molecule has 0 bridgehead atoms. The van der Waals surface area contributed by atoms with E-state index in [1.807, 2.05) is 18.2 Å². The summed E-state index contributed by atoms with van der Waals surface area (Å²) in [6, 6.07) is 2.17. The van der Waals surface area contributed by atoms with Crippen LogP contribution in [0.2, 0.25) is 0 Å². The molecule has 0 heterocycles. The Hall–Kier alpha value is -2.92. The minimum Gasteiger partial charge on any atom is -0.481 e. The van der Waals surface area contributed by atoms with Crippen LogP contribution in [0.25, 0.3) is 0 Å². The predicted molar refractivity (Wildman–Crippen MR) is 133 cm³/mol. The van der Waals surface area contributed by atoms with Gasteiger partial charge in [-0.3, -0.25) is 9.59 Å². The van der Waals surface area contributed by atoms with Gasteiger partial charge < -0.3 is 19.7 Å². The number of nitrogens with zero attached hydrogens (tertiary/aromatic N) is 1. The molecule has 0 aromatic heterocycles. The van der Waals surface area contributed by atoms with E-state index in [0.717, 1.165) is 12.8 Å². The highest BCUT2D eigenvalue weighted by Crippen LogP contribution is 2.35. The summed E-state index contributed by atoms with van der Waals surface area (Å²) in [5.41, 5.74) is -0.936. The first-order valence-corrected chi connectivity index (χ1v) is 12.0. The molecule has 8 heteroatoms. The fraction of sp³-hybridized carbons (Fsp3) is 0.630. The lowest BCUT2D eigenvalue weighted by Crippen LogP contribution is -2.36. The van der Waals surface area contributed by atoms with Crippen LogP contribution in [0.4, 0.5) is 0 Å². The van der Waals surface area contributed by atoms with Crippen molar-refractivity contribution in [3.05, 3.63) is 37.0 Å². The first-order chi connectivity index (χ1) is 16.4. The van der Waals surface area contributed by atoms with Crippen molar-refractivity contribution in [2.75, 3.05) is 13.2 Å². The first kappa shape index (κ1) is 32.1. The fourth-order valence-corrected chi connectivity index (χ4v) is 3.28. The van der Waals surface area contributed by atoms with Gasteiger partial charge in [-0.25, -0.2) is 4.79 Å². The van der Waals surface area contributed by atoms with E-state index in [1.165, 1.54) is 6.92 Å². The van der Waals surface area contributed by atoms with Gasteiger partial charge in [0.05, 0.1) is 23.3 Å². The summed E-state index contributed by atoms with van der Waals surface area (Å²) in [5.74, 6) is -3.39. The number of esters is 2. The smallest absolute Gasteiger partial charge is 0.333 e. The van der Waals surface area contributed by atoms with Gasteiger partial charge >= 0.3 is 17.9 Å². The van der Waals surface area contributed by atoms with Crippen LogP contribution in [0.5, 0.6) is 0 Å². The van der Waals surface area contributed by atoms with Crippen molar-refractivity contribution in [1.82, 2.24) is 0 Å². The summed E-state index contributed by atoms with van der Waals surface area (Å²) in [7, 11) is 0. The summed E-state index contributed by atoms with van der Waals surface area (Å²) in [6.07, 6.45) is 7.23. The van der Waals surface area contributed by atoms with E-state index >= 15 is 0 Å². The third-order valence-corrected chi connectivity index (χ3v) is 6.01. The van der Waals surface area contributed by atoms with E-state index in [1.54, 1.807) is 13.8 Å². The molecule has 2 N–H and O–H groups in total. The Morgan fingerprint density at radius 3 is 2.34 bits per heavy atom. The molecule has 0 rings (SSSR count). The minimum atomic E-state index is -1.22. The van der Waals surface area contributed by atoms with Gasteiger partial charge in [-0.15, -0.1) is 6.58 Å². The number of allylic oxidation sites excluding steroid dienone is 3. The molecule has 0 amide bonds. The zero-order valence-corrected chi connectivity index (χ0v) is 21.5. The number of nitriles is 1. The summed E-state index contributed by atoms with van der Waals surface area (Å²) in [4.78, 5) is 36.1. The SMILES string of the molecule is C=CC(C)CCC=CCC(C#N)CC(CC(C)(CC)C(=O)OCC(O)COC(=O)C(=C)C)C(=O)O. The Morgan fingerprint density at radius 1 is 1.20 bits per heavy atom. The molecule has 0 aromatic carbocycles. The molecule has 196 valence electrons. The Kier molecular flexibility index (Phi) is 15.3. The second-order valence-electron chi connectivity index (χ2n) is 9.34. The zero-order chi connectivity index (χ0) is 27.0. The number of hydrogen-bond acceptors (Lipinski definition) is 7. The highest BCUT2D eigenvalue weighted by molar-refractivity contribution is 5.86. The Labute approximate surface area is 209 Å². The lowest BCUT2D eigenvalue weighted by molar-refractivity contribution is -0.162. The average Bonchev–Trinajstić information content (AvgIpc) is 2.83. The summed E-state index contributed by atoms with van der Waals surface area (Å²) in [6.45, 7) is 13.3. The molecule has 0 saturated carbocycles. The van der Waals surface area contributed by atoms with Crippen molar-refractivity contribution in [2.24, 2.45) is 23.2 Å². The number of ether oxygens (including phenoxy) is 2. The highest BCUT2D eigenvalue weighted by Gasteiger charge is 2.39. The van der Waals surface area contributed by atoms with E-state index in [4.69, 9.17) is 9.47 Å². The Bertz CT molecular complexity index is 798. The van der Waals surface area contributed by atoms with Gasteiger partial charge in [0.1, 0.15) is 19.3 Å². The monoisotopic (exact) mass is 491 g/mol. The van der Waals surface area contributed by atoms with E-state index in [9.17, 15) is 29.9 Å². The third kappa shape index (κ3) is 12.9. The van der Waals surface area contributed by atoms with Gasteiger partial charge in [-0.2, -0.15) is 5.26 Å². The van der Waals surface area contributed by atoms with Crippen LogP contribution in [-0.2, 0) is 23.9 Å².